The molecule has 1 N–H and O–H groups in total. The van der Waals surface area contributed by atoms with Crippen molar-refractivity contribution in [3.63, 3.8) is 0 Å². The maximum atomic E-state index is 12.4. The topological polar surface area (TPSA) is 62.1 Å². The summed E-state index contributed by atoms with van der Waals surface area (Å²) >= 11 is 0. The minimum absolute atomic E-state index is 0.0811. The van der Waals surface area contributed by atoms with Crippen LogP contribution in [0.2, 0.25) is 0 Å². The van der Waals surface area contributed by atoms with Gasteiger partial charge in [0.05, 0.1) is 12.5 Å². The second-order valence-corrected chi connectivity index (χ2v) is 5.60. The fourth-order valence-corrected chi connectivity index (χ4v) is 2.80. The predicted molar refractivity (Wildman–Crippen MR) is 80.8 cm³/mol. The van der Waals surface area contributed by atoms with Crippen LogP contribution in [0.1, 0.15) is 36.5 Å². The SMILES string of the molecule is CCc1cccc(C)c1CC(=O)NC1(C#N)CCOCC1. The van der Waals surface area contributed by atoms with Gasteiger partial charge in [0.1, 0.15) is 5.54 Å². The molecule has 4 heteroatoms. The molecular weight excluding hydrogens is 264 g/mol. The molecular formula is C17H22N2O2. The van der Waals surface area contributed by atoms with Crippen molar-refractivity contribution in [3.8, 4) is 6.07 Å². The molecule has 0 aliphatic carbocycles. The van der Waals surface area contributed by atoms with Gasteiger partial charge in [-0.3, -0.25) is 4.79 Å². The van der Waals surface area contributed by atoms with Crippen LogP contribution in [0.15, 0.2) is 18.2 Å². The van der Waals surface area contributed by atoms with E-state index in [0.29, 0.717) is 32.5 Å². The standard InChI is InChI=1S/C17H22N2O2/c1-3-14-6-4-5-13(2)15(14)11-16(20)19-17(12-18)7-9-21-10-8-17/h4-6H,3,7-11H2,1-2H3,(H,19,20). The van der Waals surface area contributed by atoms with Gasteiger partial charge in [0.2, 0.25) is 5.91 Å². The maximum absolute atomic E-state index is 12.4. The highest BCUT2D eigenvalue weighted by molar-refractivity contribution is 5.80. The number of nitriles is 1. The van der Waals surface area contributed by atoms with Gasteiger partial charge in [-0.2, -0.15) is 5.26 Å². The Hall–Kier alpha value is -1.86. The number of aryl methyl sites for hydroxylation is 2. The number of rotatable bonds is 4. The Balaban J connectivity index is 2.10. The molecule has 112 valence electrons. The second kappa shape index (κ2) is 6.73. The lowest BCUT2D eigenvalue weighted by atomic mass is 9.90. The molecule has 0 saturated carbocycles. The van der Waals surface area contributed by atoms with E-state index in [0.717, 1.165) is 17.5 Å². The average molecular weight is 286 g/mol. The third kappa shape index (κ3) is 3.62. The minimum Gasteiger partial charge on any atom is -0.381 e. The largest absolute Gasteiger partial charge is 0.381 e. The summed E-state index contributed by atoms with van der Waals surface area (Å²) in [5.74, 6) is -0.0811. The molecule has 4 nitrogen and oxygen atoms in total. The number of nitrogens with zero attached hydrogens (tertiary/aromatic N) is 1. The van der Waals surface area contributed by atoms with Crippen LogP contribution in [-0.2, 0) is 22.4 Å². The molecule has 1 aromatic carbocycles. The fraction of sp³-hybridized carbons (Fsp3) is 0.529. The number of carbonyl (C=O) groups excluding carboxylic acids is 1. The number of ether oxygens (including phenoxy) is 1. The van der Waals surface area contributed by atoms with E-state index in [-0.39, 0.29) is 5.91 Å². The summed E-state index contributed by atoms with van der Waals surface area (Å²) in [4.78, 5) is 12.4. The highest BCUT2D eigenvalue weighted by Crippen LogP contribution is 2.21. The summed E-state index contributed by atoms with van der Waals surface area (Å²) in [7, 11) is 0. The molecule has 0 atom stereocenters. The van der Waals surface area contributed by atoms with Crippen molar-refractivity contribution in [2.24, 2.45) is 0 Å². The summed E-state index contributed by atoms with van der Waals surface area (Å²) in [5.41, 5.74) is 2.65. The van der Waals surface area contributed by atoms with E-state index in [1.165, 1.54) is 5.56 Å². The quantitative estimate of drug-likeness (QED) is 0.923. The van der Waals surface area contributed by atoms with E-state index in [1.54, 1.807) is 0 Å². The van der Waals surface area contributed by atoms with Crippen LogP contribution in [0.5, 0.6) is 0 Å². The Bertz CT molecular complexity index is 554. The Morgan fingerprint density at radius 3 is 2.76 bits per heavy atom. The first-order valence-corrected chi connectivity index (χ1v) is 7.47. The predicted octanol–water partition coefficient (Wildman–Crippen LogP) is 2.29. The van der Waals surface area contributed by atoms with E-state index < -0.39 is 5.54 Å². The van der Waals surface area contributed by atoms with Crippen LogP contribution in [0.4, 0.5) is 0 Å². The summed E-state index contributed by atoms with van der Waals surface area (Å²) in [6.45, 7) is 5.17. The van der Waals surface area contributed by atoms with Crippen LogP contribution in [0.3, 0.4) is 0 Å². The number of nitrogens with one attached hydrogen (secondary N) is 1. The summed E-state index contributed by atoms with van der Waals surface area (Å²) in [5, 5.41) is 12.3. The zero-order chi connectivity index (χ0) is 15.3. The number of hydrogen-bond donors (Lipinski definition) is 1. The summed E-state index contributed by atoms with van der Waals surface area (Å²) in [6, 6.07) is 8.37. The Morgan fingerprint density at radius 1 is 1.43 bits per heavy atom. The monoisotopic (exact) mass is 286 g/mol. The van der Waals surface area contributed by atoms with E-state index >= 15 is 0 Å². The molecule has 1 aliphatic heterocycles. The normalized spacial score (nSPS) is 17.0. The maximum Gasteiger partial charge on any atom is 0.225 e. The lowest BCUT2D eigenvalue weighted by molar-refractivity contribution is -0.122. The molecule has 0 bridgehead atoms. The Kier molecular flexibility index (Phi) is 4.98. The van der Waals surface area contributed by atoms with Gasteiger partial charge in [0.15, 0.2) is 0 Å². The Labute approximate surface area is 126 Å². The average Bonchev–Trinajstić information content (AvgIpc) is 2.50. The van der Waals surface area contributed by atoms with E-state index in [1.807, 2.05) is 19.1 Å². The van der Waals surface area contributed by atoms with Crippen LogP contribution in [0, 0.1) is 18.3 Å². The first-order valence-electron chi connectivity index (χ1n) is 7.47. The molecule has 0 spiro atoms. The number of benzene rings is 1. The van der Waals surface area contributed by atoms with Gasteiger partial charge in [0.25, 0.3) is 0 Å². The van der Waals surface area contributed by atoms with Gasteiger partial charge in [0, 0.05) is 26.1 Å². The molecule has 21 heavy (non-hydrogen) atoms. The number of carbonyl (C=O) groups is 1. The van der Waals surface area contributed by atoms with Gasteiger partial charge in [-0.05, 0) is 30.0 Å². The van der Waals surface area contributed by atoms with Gasteiger partial charge >= 0.3 is 0 Å². The highest BCUT2D eigenvalue weighted by Gasteiger charge is 2.34. The van der Waals surface area contributed by atoms with Crippen molar-refractivity contribution in [1.29, 1.82) is 5.26 Å². The third-order valence-corrected chi connectivity index (χ3v) is 4.16. The molecule has 1 aliphatic rings. The third-order valence-electron chi connectivity index (χ3n) is 4.16. The molecule has 2 rings (SSSR count). The summed E-state index contributed by atoms with van der Waals surface area (Å²) in [6.07, 6.45) is 2.36. The van der Waals surface area contributed by atoms with Gasteiger partial charge < -0.3 is 10.1 Å². The Morgan fingerprint density at radius 2 is 2.14 bits per heavy atom. The lowest BCUT2D eigenvalue weighted by Gasteiger charge is -2.31. The van der Waals surface area contributed by atoms with E-state index in [2.05, 4.69) is 24.4 Å². The molecule has 1 fully saturated rings. The van der Waals surface area contributed by atoms with Crippen molar-refractivity contribution >= 4 is 5.91 Å². The highest BCUT2D eigenvalue weighted by atomic mass is 16.5. The minimum atomic E-state index is -0.760. The van der Waals surface area contributed by atoms with Crippen molar-refractivity contribution in [2.45, 2.75) is 45.1 Å². The molecule has 0 unspecified atom stereocenters. The van der Waals surface area contributed by atoms with Crippen molar-refractivity contribution in [3.05, 3.63) is 34.9 Å². The number of hydrogen-bond acceptors (Lipinski definition) is 3. The zero-order valence-electron chi connectivity index (χ0n) is 12.7. The van der Waals surface area contributed by atoms with Gasteiger partial charge in [-0.15, -0.1) is 0 Å². The van der Waals surface area contributed by atoms with Crippen LogP contribution in [-0.4, -0.2) is 24.7 Å². The lowest BCUT2D eigenvalue weighted by Crippen LogP contribution is -2.51. The van der Waals surface area contributed by atoms with Crippen molar-refractivity contribution in [2.75, 3.05) is 13.2 Å². The number of amides is 1. The van der Waals surface area contributed by atoms with E-state index in [9.17, 15) is 10.1 Å². The van der Waals surface area contributed by atoms with Gasteiger partial charge in [-0.25, -0.2) is 0 Å². The molecule has 1 heterocycles. The van der Waals surface area contributed by atoms with Crippen molar-refractivity contribution < 1.29 is 9.53 Å². The smallest absolute Gasteiger partial charge is 0.225 e. The van der Waals surface area contributed by atoms with Crippen LogP contribution < -0.4 is 5.32 Å². The van der Waals surface area contributed by atoms with Crippen LogP contribution in [0.25, 0.3) is 0 Å². The molecule has 0 radical (unpaired) electrons. The van der Waals surface area contributed by atoms with Crippen LogP contribution >= 0.6 is 0 Å². The zero-order valence-corrected chi connectivity index (χ0v) is 12.7. The molecule has 1 aromatic rings. The molecule has 1 amide bonds. The van der Waals surface area contributed by atoms with Crippen molar-refractivity contribution in [1.82, 2.24) is 5.32 Å². The summed E-state index contributed by atoms with van der Waals surface area (Å²) < 4.78 is 5.28. The second-order valence-electron chi connectivity index (χ2n) is 5.60. The fourth-order valence-electron chi connectivity index (χ4n) is 2.80. The first kappa shape index (κ1) is 15.5. The molecule has 1 saturated heterocycles. The molecule has 0 aromatic heterocycles. The first-order chi connectivity index (χ1) is 10.1. The van der Waals surface area contributed by atoms with E-state index in [4.69, 9.17) is 4.74 Å². The van der Waals surface area contributed by atoms with Gasteiger partial charge in [-0.1, -0.05) is 25.1 Å².